The molecular formula is C25H32N6O3. The molecule has 1 saturated heterocycles. The quantitative estimate of drug-likeness (QED) is 0.424. The van der Waals surface area contributed by atoms with Crippen molar-refractivity contribution in [1.29, 1.82) is 0 Å². The minimum atomic E-state index is -1.41. The van der Waals surface area contributed by atoms with Gasteiger partial charge in [0.2, 0.25) is 0 Å². The first-order valence-electron chi connectivity index (χ1n) is 11.5. The van der Waals surface area contributed by atoms with Crippen LogP contribution in [0.5, 0.6) is 5.75 Å². The zero-order valence-electron chi connectivity index (χ0n) is 20.1. The molecule has 0 unspecified atom stereocenters. The lowest BCUT2D eigenvalue weighted by molar-refractivity contribution is -0.142. The number of H-pyrrole nitrogens is 1. The second-order valence-electron chi connectivity index (χ2n) is 8.94. The number of rotatable bonds is 7. The summed E-state index contributed by atoms with van der Waals surface area (Å²) in [7, 11) is 1.62. The average Bonchev–Trinajstić information content (AvgIpc) is 3.23. The van der Waals surface area contributed by atoms with Gasteiger partial charge in [-0.3, -0.25) is 9.89 Å². The van der Waals surface area contributed by atoms with Gasteiger partial charge in [0.1, 0.15) is 23.0 Å². The Hall–Kier alpha value is -3.59. The van der Waals surface area contributed by atoms with Gasteiger partial charge in [0, 0.05) is 37.7 Å². The Kier molecular flexibility index (Phi) is 6.74. The maximum Gasteiger partial charge on any atom is 0.252 e. The third kappa shape index (κ3) is 5.31. The van der Waals surface area contributed by atoms with Crippen LogP contribution in [-0.2, 0) is 4.79 Å². The second-order valence-corrected chi connectivity index (χ2v) is 8.94. The molecule has 0 aliphatic carbocycles. The second kappa shape index (κ2) is 9.72. The van der Waals surface area contributed by atoms with E-state index in [4.69, 9.17) is 9.72 Å². The smallest absolute Gasteiger partial charge is 0.252 e. The van der Waals surface area contributed by atoms with Crippen molar-refractivity contribution in [3.8, 4) is 5.75 Å². The predicted octanol–water partition coefficient (Wildman–Crippen LogP) is 3.38. The standard InChI is InChI=1S/C25H32N6O3/c1-16-13-21(27-22-15-17(2)29-30-22)28-23(14-16)31-11-9-25(33,10-12-31)24(32)26-18(3)19-5-7-20(34-4)8-6-19/h5-8,13-15,18,33H,9-12H2,1-4H3,(H,26,32)(H2,27,28,29,30)/t18-/m0/s1. The van der Waals surface area contributed by atoms with Gasteiger partial charge in [0.05, 0.1) is 13.2 Å². The van der Waals surface area contributed by atoms with Crippen LogP contribution in [0.4, 0.5) is 17.5 Å². The molecule has 0 spiro atoms. The maximum atomic E-state index is 12.9. The fourth-order valence-corrected chi connectivity index (χ4v) is 4.13. The molecule has 1 aliphatic heterocycles. The van der Waals surface area contributed by atoms with E-state index >= 15 is 0 Å². The number of aromatic nitrogens is 3. The summed E-state index contributed by atoms with van der Waals surface area (Å²) in [5.74, 6) is 2.63. The summed E-state index contributed by atoms with van der Waals surface area (Å²) >= 11 is 0. The highest BCUT2D eigenvalue weighted by Crippen LogP contribution is 2.29. The fourth-order valence-electron chi connectivity index (χ4n) is 4.13. The van der Waals surface area contributed by atoms with E-state index in [0.29, 0.717) is 37.6 Å². The molecule has 4 rings (SSSR count). The number of aryl methyl sites for hydroxylation is 2. The summed E-state index contributed by atoms with van der Waals surface area (Å²) < 4.78 is 5.19. The molecule has 1 aromatic carbocycles. The first-order valence-corrected chi connectivity index (χ1v) is 11.5. The molecule has 0 saturated carbocycles. The largest absolute Gasteiger partial charge is 0.497 e. The van der Waals surface area contributed by atoms with Crippen LogP contribution in [0, 0.1) is 13.8 Å². The number of piperidine rings is 1. The van der Waals surface area contributed by atoms with Gasteiger partial charge < -0.3 is 25.4 Å². The van der Waals surface area contributed by atoms with Crippen molar-refractivity contribution < 1.29 is 14.6 Å². The lowest BCUT2D eigenvalue weighted by Gasteiger charge is -2.38. The Bertz CT molecular complexity index is 1140. The number of ether oxygens (including phenoxy) is 1. The van der Waals surface area contributed by atoms with Crippen molar-refractivity contribution in [2.24, 2.45) is 0 Å². The van der Waals surface area contributed by atoms with Gasteiger partial charge in [0.15, 0.2) is 5.82 Å². The summed E-state index contributed by atoms with van der Waals surface area (Å²) in [6.45, 7) is 6.91. The fraction of sp³-hybridized carbons (Fsp3) is 0.400. The molecule has 3 heterocycles. The number of aliphatic hydroxyl groups is 1. The molecule has 1 amide bonds. The Morgan fingerprint density at radius 2 is 1.85 bits per heavy atom. The number of nitrogens with zero attached hydrogens (tertiary/aromatic N) is 3. The molecule has 34 heavy (non-hydrogen) atoms. The first kappa shape index (κ1) is 23.6. The zero-order chi connectivity index (χ0) is 24.3. The number of methoxy groups -OCH3 is 1. The Labute approximate surface area is 199 Å². The van der Waals surface area contributed by atoms with Crippen LogP contribution in [-0.4, -0.2) is 52.0 Å². The number of pyridine rings is 1. The van der Waals surface area contributed by atoms with E-state index in [9.17, 15) is 9.90 Å². The Balaban J connectivity index is 1.38. The highest BCUT2D eigenvalue weighted by atomic mass is 16.5. The van der Waals surface area contributed by atoms with Gasteiger partial charge in [-0.05, 0) is 56.2 Å². The van der Waals surface area contributed by atoms with E-state index in [0.717, 1.165) is 28.4 Å². The molecule has 1 fully saturated rings. The van der Waals surface area contributed by atoms with Gasteiger partial charge in [-0.15, -0.1) is 0 Å². The number of benzene rings is 1. The first-order chi connectivity index (χ1) is 16.3. The molecule has 1 aliphatic rings. The topological polar surface area (TPSA) is 115 Å². The van der Waals surface area contributed by atoms with E-state index in [2.05, 4.69) is 25.7 Å². The highest BCUT2D eigenvalue weighted by molar-refractivity contribution is 5.85. The van der Waals surface area contributed by atoms with Crippen LogP contribution >= 0.6 is 0 Å². The molecular weight excluding hydrogens is 432 g/mol. The van der Waals surface area contributed by atoms with Gasteiger partial charge >= 0.3 is 0 Å². The van der Waals surface area contributed by atoms with E-state index in [1.165, 1.54) is 0 Å². The highest BCUT2D eigenvalue weighted by Gasteiger charge is 2.40. The third-order valence-electron chi connectivity index (χ3n) is 6.22. The van der Waals surface area contributed by atoms with Gasteiger partial charge in [-0.2, -0.15) is 5.10 Å². The van der Waals surface area contributed by atoms with Crippen LogP contribution in [0.1, 0.15) is 42.6 Å². The molecule has 0 bridgehead atoms. The van der Waals surface area contributed by atoms with Crippen molar-refractivity contribution in [1.82, 2.24) is 20.5 Å². The molecule has 1 atom stereocenters. The molecule has 0 radical (unpaired) electrons. The molecule has 2 aromatic heterocycles. The minimum Gasteiger partial charge on any atom is -0.497 e. The summed E-state index contributed by atoms with van der Waals surface area (Å²) in [6.07, 6.45) is 0.649. The van der Waals surface area contributed by atoms with E-state index in [1.54, 1.807) is 7.11 Å². The number of aromatic amines is 1. The molecule has 9 nitrogen and oxygen atoms in total. The number of carbonyl (C=O) groups excluding carboxylic acids is 1. The van der Waals surface area contributed by atoms with Crippen molar-refractivity contribution in [3.05, 3.63) is 59.3 Å². The summed E-state index contributed by atoms with van der Waals surface area (Å²) in [5.41, 5.74) is 1.57. The number of hydrogen-bond donors (Lipinski definition) is 4. The molecule has 9 heteroatoms. The number of carbonyl (C=O) groups is 1. The van der Waals surface area contributed by atoms with Crippen LogP contribution in [0.3, 0.4) is 0 Å². The Morgan fingerprint density at radius 3 is 2.47 bits per heavy atom. The lowest BCUT2D eigenvalue weighted by atomic mass is 9.90. The monoisotopic (exact) mass is 464 g/mol. The molecule has 180 valence electrons. The third-order valence-corrected chi connectivity index (χ3v) is 6.22. The maximum absolute atomic E-state index is 12.9. The lowest BCUT2D eigenvalue weighted by Crippen LogP contribution is -2.54. The SMILES string of the molecule is COc1ccc([C@H](C)NC(=O)C2(O)CCN(c3cc(C)cc(Nc4cc(C)[nH]n4)n3)CC2)cc1. The van der Waals surface area contributed by atoms with Crippen LogP contribution in [0.25, 0.3) is 0 Å². The van der Waals surface area contributed by atoms with Crippen LogP contribution in [0.15, 0.2) is 42.5 Å². The van der Waals surface area contributed by atoms with Crippen molar-refractivity contribution >= 4 is 23.4 Å². The summed E-state index contributed by atoms with van der Waals surface area (Å²) in [5, 5.41) is 24.4. The average molecular weight is 465 g/mol. The predicted molar refractivity (Wildman–Crippen MR) is 132 cm³/mol. The van der Waals surface area contributed by atoms with Crippen molar-refractivity contribution in [2.75, 3.05) is 30.4 Å². The van der Waals surface area contributed by atoms with E-state index in [1.807, 2.05) is 63.2 Å². The van der Waals surface area contributed by atoms with Crippen molar-refractivity contribution in [2.45, 2.75) is 45.3 Å². The summed E-state index contributed by atoms with van der Waals surface area (Å²) in [6, 6.07) is 13.2. The number of amides is 1. The van der Waals surface area contributed by atoms with Crippen LogP contribution in [0.2, 0.25) is 0 Å². The van der Waals surface area contributed by atoms with Crippen LogP contribution < -0.4 is 20.3 Å². The van der Waals surface area contributed by atoms with Gasteiger partial charge in [-0.1, -0.05) is 12.1 Å². The molecule has 3 aromatic rings. The van der Waals surface area contributed by atoms with E-state index in [-0.39, 0.29) is 11.9 Å². The minimum absolute atomic E-state index is 0.224. The van der Waals surface area contributed by atoms with E-state index < -0.39 is 5.60 Å². The molecule has 4 N–H and O–H groups in total. The van der Waals surface area contributed by atoms with Crippen molar-refractivity contribution in [3.63, 3.8) is 0 Å². The van der Waals surface area contributed by atoms with Gasteiger partial charge in [0.25, 0.3) is 5.91 Å². The Morgan fingerprint density at radius 1 is 1.15 bits per heavy atom. The number of nitrogens with one attached hydrogen (secondary N) is 3. The van der Waals surface area contributed by atoms with Gasteiger partial charge in [-0.25, -0.2) is 4.98 Å². The normalized spacial score (nSPS) is 16.1. The number of anilines is 3. The number of hydrogen-bond acceptors (Lipinski definition) is 7. The summed E-state index contributed by atoms with van der Waals surface area (Å²) in [4.78, 5) is 19.8. The zero-order valence-corrected chi connectivity index (χ0v) is 20.1.